The van der Waals surface area contributed by atoms with Gasteiger partial charge in [0.2, 0.25) is 0 Å². The van der Waals surface area contributed by atoms with Crippen LogP contribution in [-0.2, 0) is 0 Å². The summed E-state index contributed by atoms with van der Waals surface area (Å²) in [5.74, 6) is 0. The maximum absolute atomic E-state index is 8.88. The van der Waals surface area contributed by atoms with Crippen LogP contribution in [0.25, 0.3) is 0 Å². The monoisotopic (exact) mass is 269 g/mol. The quantitative estimate of drug-likeness (QED) is 0.789. The second-order valence-corrected chi connectivity index (χ2v) is 6.02. The molecule has 0 aliphatic heterocycles. The molecule has 18 heavy (non-hydrogen) atoms. The molecule has 0 aromatic heterocycles. The third kappa shape index (κ3) is 4.97. The summed E-state index contributed by atoms with van der Waals surface area (Å²) < 4.78 is 0. The van der Waals surface area contributed by atoms with E-state index in [0.717, 1.165) is 30.0 Å². The van der Waals surface area contributed by atoms with Gasteiger partial charge in [-0.3, -0.25) is 0 Å². The van der Waals surface area contributed by atoms with E-state index >= 15 is 0 Å². The van der Waals surface area contributed by atoms with Crippen molar-refractivity contribution < 1.29 is 5.11 Å². The van der Waals surface area contributed by atoms with Crippen LogP contribution in [0, 0.1) is 5.41 Å². The third-order valence-electron chi connectivity index (χ3n) is 3.27. The zero-order valence-electron chi connectivity index (χ0n) is 11.5. The smallest absolute Gasteiger partial charge is 0.0453 e. The summed E-state index contributed by atoms with van der Waals surface area (Å²) in [4.78, 5) is 0. The van der Waals surface area contributed by atoms with Crippen molar-refractivity contribution >= 4 is 11.6 Å². The second-order valence-electron chi connectivity index (χ2n) is 5.62. The molecular weight excluding hydrogens is 246 g/mol. The molecule has 1 rings (SSSR count). The van der Waals surface area contributed by atoms with Gasteiger partial charge >= 0.3 is 0 Å². The summed E-state index contributed by atoms with van der Waals surface area (Å²) >= 11 is 6.18. The first kappa shape index (κ1) is 15.5. The average Bonchev–Trinajstić information content (AvgIpc) is 2.34. The molecule has 0 heterocycles. The number of hydrogen-bond donors (Lipinski definition) is 2. The van der Waals surface area contributed by atoms with Gasteiger partial charge in [-0.15, -0.1) is 0 Å². The van der Waals surface area contributed by atoms with E-state index in [1.165, 1.54) is 0 Å². The fourth-order valence-corrected chi connectivity index (χ4v) is 2.31. The Hall–Kier alpha value is -0.570. The van der Waals surface area contributed by atoms with Crippen LogP contribution in [0.5, 0.6) is 0 Å². The van der Waals surface area contributed by atoms with Crippen LogP contribution >= 0.6 is 11.6 Å². The zero-order chi connectivity index (χ0) is 13.6. The highest BCUT2D eigenvalue weighted by Crippen LogP contribution is 2.25. The fourth-order valence-electron chi connectivity index (χ4n) is 2.01. The largest absolute Gasteiger partial charge is 0.396 e. The van der Waals surface area contributed by atoms with Crippen molar-refractivity contribution in [3.63, 3.8) is 0 Å². The van der Waals surface area contributed by atoms with Gasteiger partial charge in [-0.1, -0.05) is 43.6 Å². The summed E-state index contributed by atoms with van der Waals surface area (Å²) in [6, 6.07) is 8.18. The summed E-state index contributed by atoms with van der Waals surface area (Å²) in [5, 5.41) is 13.2. The fraction of sp³-hybridized carbons (Fsp3) is 0.600. The zero-order valence-corrected chi connectivity index (χ0v) is 12.3. The van der Waals surface area contributed by atoms with Crippen molar-refractivity contribution in [3.8, 4) is 0 Å². The number of benzene rings is 1. The third-order valence-corrected chi connectivity index (χ3v) is 3.61. The lowest BCUT2D eigenvalue weighted by molar-refractivity contribution is 0.233. The van der Waals surface area contributed by atoms with E-state index in [1.54, 1.807) is 0 Å². The van der Waals surface area contributed by atoms with Crippen molar-refractivity contribution in [1.29, 1.82) is 0 Å². The van der Waals surface area contributed by atoms with E-state index in [4.69, 9.17) is 16.7 Å². The molecule has 1 unspecified atom stereocenters. The van der Waals surface area contributed by atoms with E-state index < -0.39 is 0 Å². The van der Waals surface area contributed by atoms with Gasteiger partial charge in [0, 0.05) is 24.2 Å². The molecule has 0 fully saturated rings. The van der Waals surface area contributed by atoms with Crippen LogP contribution in [-0.4, -0.2) is 18.3 Å². The highest BCUT2D eigenvalue weighted by Gasteiger charge is 2.19. The molecule has 0 bridgehead atoms. The summed E-state index contributed by atoms with van der Waals surface area (Å²) in [5.41, 5.74) is 1.33. The van der Waals surface area contributed by atoms with Crippen molar-refractivity contribution in [2.24, 2.45) is 5.41 Å². The topological polar surface area (TPSA) is 32.3 Å². The Morgan fingerprint density at radius 2 is 2.00 bits per heavy atom. The van der Waals surface area contributed by atoms with Gasteiger partial charge in [0.1, 0.15) is 0 Å². The number of rotatable bonds is 7. The van der Waals surface area contributed by atoms with E-state index in [-0.39, 0.29) is 18.1 Å². The maximum atomic E-state index is 8.88. The first-order chi connectivity index (χ1) is 8.46. The molecule has 0 spiro atoms. The Labute approximate surface area is 115 Å². The number of aliphatic hydroxyl groups is 1. The van der Waals surface area contributed by atoms with Gasteiger partial charge in [0.05, 0.1) is 0 Å². The van der Waals surface area contributed by atoms with Crippen molar-refractivity contribution in [2.45, 2.75) is 39.7 Å². The van der Waals surface area contributed by atoms with E-state index in [9.17, 15) is 0 Å². The van der Waals surface area contributed by atoms with Crippen LogP contribution in [0.1, 0.15) is 45.2 Å². The predicted molar refractivity (Wildman–Crippen MR) is 78.0 cm³/mol. The Bertz CT molecular complexity index is 365. The molecule has 0 aliphatic rings. The molecular formula is C15H24ClNO. The summed E-state index contributed by atoms with van der Waals surface area (Å²) in [7, 11) is 0. The summed E-state index contributed by atoms with van der Waals surface area (Å²) in [6.07, 6.45) is 1.88. The van der Waals surface area contributed by atoms with Gasteiger partial charge in [-0.2, -0.15) is 0 Å². The van der Waals surface area contributed by atoms with E-state index in [0.29, 0.717) is 0 Å². The molecule has 102 valence electrons. The molecule has 0 radical (unpaired) electrons. The lowest BCUT2D eigenvalue weighted by atomic mass is 9.87. The van der Waals surface area contributed by atoms with Gasteiger partial charge in [0.25, 0.3) is 0 Å². The van der Waals surface area contributed by atoms with Crippen LogP contribution < -0.4 is 5.32 Å². The molecule has 3 heteroatoms. The molecule has 1 aromatic rings. The van der Waals surface area contributed by atoms with Crippen LogP contribution in [0.4, 0.5) is 0 Å². The van der Waals surface area contributed by atoms with Crippen molar-refractivity contribution in [3.05, 3.63) is 34.9 Å². The average molecular weight is 270 g/mol. The molecule has 1 atom stereocenters. The molecule has 0 amide bonds. The Balaban J connectivity index is 2.51. The first-order valence-corrected chi connectivity index (χ1v) is 6.93. The second kappa shape index (κ2) is 7.13. The molecule has 0 aliphatic carbocycles. The molecule has 2 N–H and O–H groups in total. The van der Waals surface area contributed by atoms with Crippen molar-refractivity contribution in [2.75, 3.05) is 13.2 Å². The van der Waals surface area contributed by atoms with Crippen LogP contribution in [0.3, 0.4) is 0 Å². The van der Waals surface area contributed by atoms with Gasteiger partial charge in [-0.25, -0.2) is 0 Å². The number of aliphatic hydroxyl groups excluding tert-OH is 1. The molecule has 0 saturated carbocycles. The lowest BCUT2D eigenvalue weighted by Crippen LogP contribution is -2.31. The lowest BCUT2D eigenvalue weighted by Gasteiger charge is -2.27. The Kier molecular flexibility index (Phi) is 6.13. The number of nitrogens with one attached hydrogen (secondary N) is 1. The van der Waals surface area contributed by atoms with Crippen molar-refractivity contribution in [1.82, 2.24) is 5.32 Å². The number of hydrogen-bond acceptors (Lipinski definition) is 2. The maximum Gasteiger partial charge on any atom is 0.0453 e. The molecule has 1 aromatic carbocycles. The van der Waals surface area contributed by atoms with E-state index in [2.05, 4.69) is 32.2 Å². The van der Waals surface area contributed by atoms with Crippen LogP contribution in [0.2, 0.25) is 5.02 Å². The van der Waals surface area contributed by atoms with Gasteiger partial charge < -0.3 is 10.4 Å². The Morgan fingerprint density at radius 1 is 1.33 bits per heavy atom. The highest BCUT2D eigenvalue weighted by molar-refractivity contribution is 6.31. The summed E-state index contributed by atoms with van der Waals surface area (Å²) in [6.45, 7) is 7.75. The van der Waals surface area contributed by atoms with Gasteiger partial charge in [-0.05, 0) is 36.8 Å². The van der Waals surface area contributed by atoms with E-state index in [1.807, 2.05) is 18.2 Å². The predicted octanol–water partition coefficient (Wildman–Crippen LogP) is 3.79. The number of halogens is 1. The van der Waals surface area contributed by atoms with Crippen LogP contribution in [0.15, 0.2) is 24.3 Å². The minimum Gasteiger partial charge on any atom is -0.396 e. The highest BCUT2D eigenvalue weighted by atomic mass is 35.5. The minimum atomic E-state index is 0.193. The van der Waals surface area contributed by atoms with Gasteiger partial charge in [0.15, 0.2) is 0 Å². The SMILES string of the molecule is CC(NCC(C)(C)CCCO)c1ccccc1Cl. The molecule has 0 saturated heterocycles. The Morgan fingerprint density at radius 3 is 2.61 bits per heavy atom. The standard InChI is InChI=1S/C15H24ClNO/c1-12(13-7-4-5-8-14(13)16)17-11-15(2,3)9-6-10-18/h4-5,7-8,12,17-18H,6,9-11H2,1-3H3. The molecule has 2 nitrogen and oxygen atoms in total. The minimum absolute atomic E-state index is 0.193. The first-order valence-electron chi connectivity index (χ1n) is 6.55. The normalized spacial score (nSPS) is 13.6.